The van der Waals surface area contributed by atoms with Crippen molar-refractivity contribution in [3.8, 4) is 0 Å². The summed E-state index contributed by atoms with van der Waals surface area (Å²) in [6.07, 6.45) is 7.48. The van der Waals surface area contributed by atoms with Crippen molar-refractivity contribution in [3.05, 3.63) is 42.0 Å². The second-order valence-corrected chi connectivity index (χ2v) is 11.0. The van der Waals surface area contributed by atoms with Gasteiger partial charge in [-0.15, -0.1) is 0 Å². The highest BCUT2D eigenvalue weighted by molar-refractivity contribution is 5.69. The van der Waals surface area contributed by atoms with Gasteiger partial charge in [0.2, 0.25) is 0 Å². The Hall–Kier alpha value is -2.88. The van der Waals surface area contributed by atoms with E-state index in [0.717, 1.165) is 96.9 Å². The molecule has 0 aliphatic carbocycles. The molecule has 0 atom stereocenters. The number of carbonyl (C=O) groups is 2. The molecule has 0 radical (unpaired) electrons. The molecular weight excluding hydrogens is 560 g/mol. The smallest absolute Gasteiger partial charge is 0.373 e. The van der Waals surface area contributed by atoms with Gasteiger partial charge in [-0.05, 0) is 77.0 Å². The van der Waals surface area contributed by atoms with Crippen molar-refractivity contribution in [1.82, 2.24) is 19.6 Å². The van der Waals surface area contributed by atoms with Crippen LogP contribution in [0.15, 0.2) is 30.8 Å². The van der Waals surface area contributed by atoms with E-state index in [1.54, 1.807) is 0 Å². The number of benzene rings is 1. The van der Waals surface area contributed by atoms with Gasteiger partial charge in [0.25, 0.3) is 0 Å². The maximum atomic E-state index is 12.1. The van der Waals surface area contributed by atoms with Gasteiger partial charge in [-0.2, -0.15) is 9.59 Å². The third-order valence-electron chi connectivity index (χ3n) is 7.69. The van der Waals surface area contributed by atoms with Gasteiger partial charge in [0.15, 0.2) is 0 Å². The lowest BCUT2D eigenvalue weighted by Crippen LogP contribution is -2.42. The number of esters is 2. The van der Waals surface area contributed by atoms with Crippen LogP contribution in [0.4, 0.5) is 0 Å². The first-order chi connectivity index (χ1) is 21.4. The Kier molecular flexibility index (Phi) is 22.6. The molecular formula is C34H56N4O6. The van der Waals surface area contributed by atoms with Crippen molar-refractivity contribution in [2.24, 2.45) is 0 Å². The number of carbonyl (C=O) groups excluding carboxylic acids is 4. The van der Waals surface area contributed by atoms with Crippen molar-refractivity contribution in [2.75, 3.05) is 85.2 Å². The van der Waals surface area contributed by atoms with Crippen LogP contribution in [0.5, 0.6) is 0 Å². The fourth-order valence-corrected chi connectivity index (χ4v) is 5.24. The summed E-state index contributed by atoms with van der Waals surface area (Å²) in [5.41, 5.74) is 2.42. The number of hydrogen-bond acceptors (Lipinski definition) is 10. The maximum absolute atomic E-state index is 12.1. The Balaban J connectivity index is 0.00000309. The van der Waals surface area contributed by atoms with E-state index in [2.05, 4.69) is 57.4 Å². The quantitative estimate of drug-likeness (QED) is 0.286. The van der Waals surface area contributed by atoms with Gasteiger partial charge >= 0.3 is 18.1 Å². The van der Waals surface area contributed by atoms with Gasteiger partial charge < -0.3 is 24.2 Å². The lowest BCUT2D eigenvalue weighted by Gasteiger charge is -2.32. The van der Waals surface area contributed by atoms with Crippen LogP contribution >= 0.6 is 0 Å². The van der Waals surface area contributed by atoms with Gasteiger partial charge in [0.05, 0.1) is 26.1 Å². The topological polar surface area (TPSA) is 99.7 Å². The van der Waals surface area contributed by atoms with Crippen molar-refractivity contribution in [2.45, 2.75) is 65.8 Å². The predicted molar refractivity (Wildman–Crippen MR) is 173 cm³/mol. The van der Waals surface area contributed by atoms with Gasteiger partial charge in [-0.3, -0.25) is 14.5 Å². The minimum Gasteiger partial charge on any atom is -0.466 e. The molecule has 0 unspecified atom stereocenters. The summed E-state index contributed by atoms with van der Waals surface area (Å²) in [6, 6.07) is 8.63. The van der Waals surface area contributed by atoms with Crippen LogP contribution in [0.25, 0.3) is 6.08 Å². The molecule has 10 heteroatoms. The van der Waals surface area contributed by atoms with Crippen LogP contribution in [0, 0.1) is 0 Å². The van der Waals surface area contributed by atoms with Crippen LogP contribution in [0.2, 0.25) is 0 Å². The molecule has 1 aromatic rings. The van der Waals surface area contributed by atoms with Crippen LogP contribution in [-0.4, -0.2) is 123 Å². The van der Waals surface area contributed by atoms with Crippen molar-refractivity contribution < 1.29 is 28.7 Å². The fourth-order valence-electron chi connectivity index (χ4n) is 5.24. The summed E-state index contributed by atoms with van der Waals surface area (Å²) in [5.74, 6) is -0.221. The first kappa shape index (κ1) is 39.1. The Bertz CT molecular complexity index is 952. The summed E-state index contributed by atoms with van der Waals surface area (Å²) in [4.78, 5) is 50.5. The standard InChI is InChI=1S/C33H56N4O4.CO2/c1-5-9-18-34-19-10-20-36(24-17-33(39)41-8-4)27-28-37(29-31-14-12-30(6-2)13-15-31)22-11-21-35(26-25-34)23-16-32(38)40-7-3;2-1-3/h6,12-15H,2,5,7-11,16-29H2,1,3-4H3;. The van der Waals surface area contributed by atoms with Gasteiger partial charge in [-0.1, -0.05) is 50.3 Å². The number of hydrogen-bond donors (Lipinski definition) is 0. The predicted octanol–water partition coefficient (Wildman–Crippen LogP) is 3.95. The zero-order valence-corrected chi connectivity index (χ0v) is 27.5. The Labute approximate surface area is 265 Å². The molecule has 248 valence electrons. The second-order valence-electron chi connectivity index (χ2n) is 11.0. The van der Waals surface area contributed by atoms with Crippen LogP contribution in [0.3, 0.4) is 0 Å². The molecule has 1 heterocycles. The van der Waals surface area contributed by atoms with Crippen molar-refractivity contribution in [3.63, 3.8) is 0 Å². The highest BCUT2D eigenvalue weighted by atomic mass is 16.5. The van der Waals surface area contributed by atoms with Crippen LogP contribution < -0.4 is 0 Å². The molecule has 2 rings (SSSR count). The van der Waals surface area contributed by atoms with Crippen molar-refractivity contribution >= 4 is 24.2 Å². The van der Waals surface area contributed by atoms with E-state index in [9.17, 15) is 9.59 Å². The lowest BCUT2D eigenvalue weighted by atomic mass is 10.1. The largest absolute Gasteiger partial charge is 0.466 e. The molecule has 0 spiro atoms. The molecule has 1 aromatic carbocycles. The molecule has 10 nitrogen and oxygen atoms in total. The average molecular weight is 617 g/mol. The number of nitrogens with zero attached hydrogens (tertiary/aromatic N) is 4. The summed E-state index contributed by atoms with van der Waals surface area (Å²) < 4.78 is 10.4. The Morgan fingerprint density at radius 2 is 1.16 bits per heavy atom. The van der Waals surface area contributed by atoms with Gasteiger partial charge in [-0.25, -0.2) is 0 Å². The van der Waals surface area contributed by atoms with Gasteiger partial charge in [0, 0.05) is 45.8 Å². The summed E-state index contributed by atoms with van der Waals surface area (Å²) in [5, 5.41) is 0. The number of rotatable bonds is 14. The normalized spacial score (nSPS) is 16.5. The van der Waals surface area contributed by atoms with Gasteiger partial charge in [0.1, 0.15) is 0 Å². The highest BCUT2D eigenvalue weighted by Crippen LogP contribution is 2.11. The Morgan fingerprint density at radius 3 is 1.59 bits per heavy atom. The van der Waals surface area contributed by atoms with E-state index in [1.165, 1.54) is 18.4 Å². The zero-order chi connectivity index (χ0) is 32.4. The van der Waals surface area contributed by atoms with Crippen LogP contribution in [0.1, 0.15) is 70.4 Å². The van der Waals surface area contributed by atoms with E-state index < -0.39 is 0 Å². The van der Waals surface area contributed by atoms with E-state index >= 15 is 0 Å². The molecule has 0 N–H and O–H groups in total. The number of unbranched alkanes of at least 4 members (excludes halogenated alkanes) is 1. The first-order valence-electron chi connectivity index (χ1n) is 16.3. The molecule has 1 aliphatic heterocycles. The third kappa shape index (κ3) is 18.7. The van der Waals surface area contributed by atoms with E-state index in [0.29, 0.717) is 26.1 Å². The lowest BCUT2D eigenvalue weighted by molar-refractivity contribution is -0.191. The SMILES string of the molecule is C=Cc1ccc(CN2CCCN(CCC(=O)OCC)CCN(CCCC)CCCN(CCC(=O)OCC)CC2)cc1.O=C=O. The zero-order valence-electron chi connectivity index (χ0n) is 27.5. The Morgan fingerprint density at radius 1 is 0.727 bits per heavy atom. The molecule has 0 bridgehead atoms. The highest BCUT2D eigenvalue weighted by Gasteiger charge is 2.17. The van der Waals surface area contributed by atoms with E-state index in [1.807, 2.05) is 19.9 Å². The molecule has 0 saturated carbocycles. The third-order valence-corrected chi connectivity index (χ3v) is 7.69. The fraction of sp³-hybridized carbons (Fsp3) is 0.676. The first-order valence-corrected chi connectivity index (χ1v) is 16.3. The van der Waals surface area contributed by atoms with E-state index in [-0.39, 0.29) is 18.1 Å². The summed E-state index contributed by atoms with van der Waals surface area (Å²) in [7, 11) is 0. The second kappa shape index (κ2) is 25.4. The molecule has 1 saturated heterocycles. The van der Waals surface area contributed by atoms with Crippen LogP contribution in [-0.2, 0) is 35.2 Å². The summed E-state index contributed by atoms with van der Waals surface area (Å²) in [6.45, 7) is 21.9. The molecule has 1 aliphatic rings. The number of ether oxygens (including phenoxy) is 2. The minimum atomic E-state index is -0.112. The molecule has 44 heavy (non-hydrogen) atoms. The minimum absolute atomic E-state index is 0.109. The van der Waals surface area contributed by atoms with E-state index in [4.69, 9.17) is 19.1 Å². The molecule has 0 amide bonds. The average Bonchev–Trinajstić information content (AvgIpc) is 3.01. The summed E-state index contributed by atoms with van der Waals surface area (Å²) >= 11 is 0. The van der Waals surface area contributed by atoms with Crippen molar-refractivity contribution in [1.29, 1.82) is 0 Å². The monoisotopic (exact) mass is 616 g/mol. The molecule has 0 aromatic heterocycles. The molecule has 1 fully saturated rings. The maximum Gasteiger partial charge on any atom is 0.373 e.